The molecular formula is C22H19N3O2S. The molecule has 0 atom stereocenters. The van der Waals surface area contributed by atoms with Crippen LogP contribution in [0.3, 0.4) is 0 Å². The van der Waals surface area contributed by atoms with Crippen LogP contribution in [-0.2, 0) is 17.6 Å². The summed E-state index contributed by atoms with van der Waals surface area (Å²) in [5.41, 5.74) is 3.12. The number of nitrogens with zero attached hydrogens (tertiary/aromatic N) is 2. The molecule has 0 aliphatic rings. The molecule has 1 amide bonds. The van der Waals surface area contributed by atoms with Gasteiger partial charge < -0.3 is 9.84 Å². The molecule has 1 N–H and O–H groups in total. The predicted octanol–water partition coefficient (Wildman–Crippen LogP) is 4.96. The quantitative estimate of drug-likeness (QED) is 0.485. The van der Waals surface area contributed by atoms with Crippen molar-refractivity contribution in [3.05, 3.63) is 89.1 Å². The number of amides is 1. The Morgan fingerprint density at radius 3 is 2.64 bits per heavy atom. The number of carbonyl (C=O) groups excluding carboxylic acids is 1. The van der Waals surface area contributed by atoms with Crippen LogP contribution in [0.4, 0.5) is 5.69 Å². The SMILES string of the molecule is O=C(CCc1nc(-c2cccs2)no1)Nc1ccccc1Cc1ccccc1. The summed E-state index contributed by atoms with van der Waals surface area (Å²) in [6.45, 7) is 0. The fourth-order valence-corrected chi connectivity index (χ4v) is 3.56. The summed E-state index contributed by atoms with van der Waals surface area (Å²) in [6, 6.07) is 22.0. The minimum absolute atomic E-state index is 0.0728. The second-order valence-electron chi connectivity index (χ2n) is 6.36. The standard InChI is InChI=1S/C22H19N3O2S/c26-20(12-13-21-24-22(25-27-21)19-11-6-14-28-19)23-18-10-5-4-9-17(18)15-16-7-2-1-3-8-16/h1-11,14H,12-13,15H2,(H,23,26). The Kier molecular flexibility index (Phi) is 5.58. The van der Waals surface area contributed by atoms with Gasteiger partial charge in [-0.1, -0.05) is 59.8 Å². The van der Waals surface area contributed by atoms with E-state index in [1.165, 1.54) is 5.56 Å². The van der Waals surface area contributed by atoms with Crippen LogP contribution >= 0.6 is 11.3 Å². The maximum Gasteiger partial charge on any atom is 0.227 e. The van der Waals surface area contributed by atoms with E-state index < -0.39 is 0 Å². The van der Waals surface area contributed by atoms with Crippen molar-refractivity contribution in [2.75, 3.05) is 5.32 Å². The number of carbonyl (C=O) groups is 1. The first-order valence-electron chi connectivity index (χ1n) is 9.06. The summed E-state index contributed by atoms with van der Waals surface area (Å²) in [6.07, 6.45) is 1.46. The zero-order valence-corrected chi connectivity index (χ0v) is 16.0. The van der Waals surface area contributed by atoms with Crippen LogP contribution in [0.1, 0.15) is 23.4 Å². The highest BCUT2D eigenvalue weighted by Gasteiger charge is 2.12. The van der Waals surface area contributed by atoms with Crippen LogP contribution in [0.5, 0.6) is 0 Å². The normalized spacial score (nSPS) is 10.7. The molecule has 0 radical (unpaired) electrons. The van der Waals surface area contributed by atoms with Gasteiger partial charge in [0, 0.05) is 18.5 Å². The monoisotopic (exact) mass is 389 g/mol. The molecule has 0 unspecified atom stereocenters. The average molecular weight is 389 g/mol. The Morgan fingerprint density at radius 1 is 1.00 bits per heavy atom. The molecule has 4 aromatic rings. The van der Waals surface area contributed by atoms with Gasteiger partial charge in [0.2, 0.25) is 17.6 Å². The van der Waals surface area contributed by atoms with Crippen LogP contribution in [0.25, 0.3) is 10.7 Å². The third kappa shape index (κ3) is 4.53. The van der Waals surface area contributed by atoms with Crippen LogP contribution in [-0.4, -0.2) is 16.0 Å². The van der Waals surface area contributed by atoms with Crippen LogP contribution in [0.2, 0.25) is 0 Å². The van der Waals surface area contributed by atoms with E-state index in [2.05, 4.69) is 27.6 Å². The minimum Gasteiger partial charge on any atom is -0.339 e. The number of aryl methyl sites for hydroxylation is 1. The van der Waals surface area contributed by atoms with Crippen molar-refractivity contribution in [3.8, 4) is 10.7 Å². The molecule has 2 aromatic heterocycles. The molecule has 0 aliphatic heterocycles. The largest absolute Gasteiger partial charge is 0.339 e. The topological polar surface area (TPSA) is 68.0 Å². The van der Waals surface area contributed by atoms with Crippen LogP contribution < -0.4 is 5.32 Å². The van der Waals surface area contributed by atoms with Crippen molar-refractivity contribution < 1.29 is 9.32 Å². The third-order valence-electron chi connectivity index (χ3n) is 4.30. The molecule has 0 fully saturated rings. The molecule has 0 saturated heterocycles. The number of thiophene rings is 1. The van der Waals surface area contributed by atoms with E-state index in [9.17, 15) is 4.79 Å². The van der Waals surface area contributed by atoms with Gasteiger partial charge in [0.05, 0.1) is 4.88 Å². The molecule has 2 aromatic carbocycles. The smallest absolute Gasteiger partial charge is 0.227 e. The van der Waals surface area contributed by atoms with E-state index in [0.717, 1.165) is 22.5 Å². The highest BCUT2D eigenvalue weighted by molar-refractivity contribution is 7.13. The summed E-state index contributed by atoms with van der Waals surface area (Å²) in [5, 5.41) is 8.95. The number of anilines is 1. The molecule has 0 spiro atoms. The molecule has 28 heavy (non-hydrogen) atoms. The lowest BCUT2D eigenvalue weighted by atomic mass is 10.0. The lowest BCUT2D eigenvalue weighted by molar-refractivity contribution is -0.116. The minimum atomic E-state index is -0.0728. The number of benzene rings is 2. The molecule has 6 heteroatoms. The van der Waals surface area contributed by atoms with Crippen molar-refractivity contribution in [3.63, 3.8) is 0 Å². The molecule has 140 valence electrons. The Bertz CT molecular complexity index is 1040. The number of nitrogens with one attached hydrogen (secondary N) is 1. The molecule has 5 nitrogen and oxygen atoms in total. The first-order valence-corrected chi connectivity index (χ1v) is 9.94. The van der Waals surface area contributed by atoms with E-state index in [-0.39, 0.29) is 12.3 Å². The van der Waals surface area contributed by atoms with E-state index >= 15 is 0 Å². The summed E-state index contributed by atoms with van der Waals surface area (Å²) < 4.78 is 5.26. The summed E-state index contributed by atoms with van der Waals surface area (Å²) in [4.78, 5) is 17.7. The molecule has 2 heterocycles. The number of aromatic nitrogens is 2. The van der Waals surface area contributed by atoms with Crippen LogP contribution in [0.15, 0.2) is 76.6 Å². The summed E-state index contributed by atoms with van der Waals surface area (Å²) in [5.74, 6) is 0.964. The van der Waals surface area contributed by atoms with Gasteiger partial charge >= 0.3 is 0 Å². The average Bonchev–Trinajstić information content (AvgIpc) is 3.40. The Balaban J connectivity index is 1.36. The maximum atomic E-state index is 12.4. The van der Waals surface area contributed by atoms with Gasteiger partial charge in [-0.25, -0.2) is 0 Å². The summed E-state index contributed by atoms with van der Waals surface area (Å²) >= 11 is 1.55. The molecule has 4 rings (SSSR count). The zero-order valence-electron chi connectivity index (χ0n) is 15.2. The Labute approximate surface area is 167 Å². The highest BCUT2D eigenvalue weighted by atomic mass is 32.1. The van der Waals surface area contributed by atoms with Gasteiger partial charge in [0.1, 0.15) is 0 Å². The fraction of sp³-hybridized carbons (Fsp3) is 0.136. The molecule has 0 bridgehead atoms. The number of hydrogen-bond donors (Lipinski definition) is 1. The Morgan fingerprint density at radius 2 is 1.82 bits per heavy atom. The van der Waals surface area contributed by atoms with Crippen LogP contribution in [0, 0.1) is 0 Å². The van der Waals surface area contributed by atoms with Gasteiger partial charge in [-0.05, 0) is 35.1 Å². The first-order chi connectivity index (χ1) is 13.8. The van der Waals surface area contributed by atoms with Gasteiger partial charge in [-0.15, -0.1) is 11.3 Å². The van der Waals surface area contributed by atoms with Crippen molar-refractivity contribution in [2.24, 2.45) is 0 Å². The second-order valence-corrected chi connectivity index (χ2v) is 7.30. The van der Waals surface area contributed by atoms with Crippen molar-refractivity contribution in [1.29, 1.82) is 0 Å². The highest BCUT2D eigenvalue weighted by Crippen LogP contribution is 2.22. The summed E-state index contributed by atoms with van der Waals surface area (Å²) in [7, 11) is 0. The fourth-order valence-electron chi connectivity index (χ4n) is 2.91. The second kappa shape index (κ2) is 8.63. The zero-order chi connectivity index (χ0) is 19.2. The lowest BCUT2D eigenvalue weighted by Gasteiger charge is -2.11. The Hall–Kier alpha value is -3.25. The first kappa shape index (κ1) is 18.1. The molecule has 0 saturated carbocycles. The number of para-hydroxylation sites is 1. The van der Waals surface area contributed by atoms with E-state index in [1.54, 1.807) is 11.3 Å². The van der Waals surface area contributed by atoms with Crippen molar-refractivity contribution in [1.82, 2.24) is 10.1 Å². The third-order valence-corrected chi connectivity index (χ3v) is 5.17. The van der Waals surface area contributed by atoms with Gasteiger partial charge in [-0.2, -0.15) is 4.98 Å². The van der Waals surface area contributed by atoms with Crippen molar-refractivity contribution in [2.45, 2.75) is 19.3 Å². The lowest BCUT2D eigenvalue weighted by Crippen LogP contribution is -2.14. The number of rotatable bonds is 7. The van der Waals surface area contributed by atoms with Gasteiger partial charge in [-0.3, -0.25) is 4.79 Å². The maximum absolute atomic E-state index is 12.4. The molecular weight excluding hydrogens is 370 g/mol. The van der Waals surface area contributed by atoms with Gasteiger partial charge in [0.15, 0.2) is 0 Å². The van der Waals surface area contributed by atoms with E-state index in [1.807, 2.05) is 60.0 Å². The van der Waals surface area contributed by atoms with Crippen molar-refractivity contribution >= 4 is 22.9 Å². The molecule has 0 aliphatic carbocycles. The van der Waals surface area contributed by atoms with E-state index in [0.29, 0.717) is 18.1 Å². The predicted molar refractivity (Wildman–Crippen MR) is 110 cm³/mol. The number of hydrogen-bond acceptors (Lipinski definition) is 5. The van der Waals surface area contributed by atoms with E-state index in [4.69, 9.17) is 4.52 Å². The van der Waals surface area contributed by atoms with Gasteiger partial charge in [0.25, 0.3) is 0 Å².